The van der Waals surface area contributed by atoms with Crippen molar-refractivity contribution < 1.29 is 22.5 Å². The predicted molar refractivity (Wildman–Crippen MR) is 122 cm³/mol. The first-order valence-electron chi connectivity index (χ1n) is 10.1. The van der Waals surface area contributed by atoms with E-state index in [2.05, 4.69) is 15.2 Å². The van der Waals surface area contributed by atoms with E-state index in [1.54, 1.807) is 55.5 Å². The molecule has 0 aliphatic heterocycles. The van der Waals surface area contributed by atoms with Crippen LogP contribution in [-0.2, 0) is 14.8 Å². The average Bonchev–Trinajstić information content (AvgIpc) is 3.58. The molecule has 1 heterocycles. The predicted octanol–water partition coefficient (Wildman–Crippen LogP) is 4.31. The van der Waals surface area contributed by atoms with Crippen LogP contribution in [0.15, 0.2) is 57.9 Å². The Bertz CT molecular complexity index is 1260. The Morgan fingerprint density at radius 2 is 1.84 bits per heavy atom. The first-order valence-corrected chi connectivity index (χ1v) is 11.6. The number of rotatable bonds is 8. The number of aryl methyl sites for hydroxylation is 1. The molecule has 0 unspecified atom stereocenters. The largest absolute Gasteiger partial charge is 0.495 e. The van der Waals surface area contributed by atoms with Gasteiger partial charge in [0, 0.05) is 5.92 Å². The maximum absolute atomic E-state index is 12.7. The lowest BCUT2D eigenvalue weighted by atomic mass is 10.2. The van der Waals surface area contributed by atoms with Crippen LogP contribution < -0.4 is 14.8 Å². The molecule has 3 aromatic rings. The van der Waals surface area contributed by atoms with Crippen molar-refractivity contribution in [3.05, 3.63) is 65.5 Å². The first-order chi connectivity index (χ1) is 15.4. The number of hydrogen-bond acceptors (Lipinski definition) is 6. The topological polar surface area (TPSA) is 111 Å². The summed E-state index contributed by atoms with van der Waals surface area (Å²) in [6.07, 6.45) is 5.26. The molecular weight excluding hydrogens is 430 g/mol. The van der Waals surface area contributed by atoms with Crippen LogP contribution in [0.25, 0.3) is 12.2 Å². The number of methoxy groups -OCH3 is 1. The second-order valence-electron chi connectivity index (χ2n) is 7.48. The van der Waals surface area contributed by atoms with Crippen LogP contribution in [0.5, 0.6) is 5.75 Å². The van der Waals surface area contributed by atoms with Gasteiger partial charge in [0.15, 0.2) is 5.76 Å². The second-order valence-corrected chi connectivity index (χ2v) is 9.16. The van der Waals surface area contributed by atoms with E-state index in [0.717, 1.165) is 18.4 Å². The van der Waals surface area contributed by atoms with E-state index < -0.39 is 10.0 Å². The van der Waals surface area contributed by atoms with E-state index in [1.807, 2.05) is 0 Å². The number of nitrogens with zero attached hydrogens (tertiary/aromatic N) is 1. The zero-order valence-corrected chi connectivity index (χ0v) is 18.5. The quantitative estimate of drug-likeness (QED) is 0.526. The zero-order chi connectivity index (χ0) is 22.7. The lowest BCUT2D eigenvalue weighted by Gasteiger charge is -2.11. The number of ether oxygens (including phenoxy) is 1. The van der Waals surface area contributed by atoms with Crippen molar-refractivity contribution in [2.24, 2.45) is 5.92 Å². The summed E-state index contributed by atoms with van der Waals surface area (Å²) in [4.78, 5) is 12.2. The number of benzene rings is 2. The molecule has 4 rings (SSSR count). The molecular formula is C23H23N3O5S. The lowest BCUT2D eigenvalue weighted by molar-refractivity contribution is -0.117. The summed E-state index contributed by atoms with van der Waals surface area (Å²) in [5.74, 6) is 0.914. The SMILES string of the molecule is COc1ccccc1NS(=O)(=O)c1ccc(/C=C\c2onc(C)c2NC(=O)C2CC2)cc1. The van der Waals surface area contributed by atoms with Crippen molar-refractivity contribution in [3.8, 4) is 5.75 Å². The summed E-state index contributed by atoms with van der Waals surface area (Å²) in [6, 6.07) is 13.2. The second kappa shape index (κ2) is 8.88. The number of amides is 1. The molecule has 0 radical (unpaired) electrons. The minimum atomic E-state index is -3.78. The maximum Gasteiger partial charge on any atom is 0.262 e. The molecule has 1 amide bonds. The molecule has 1 aromatic heterocycles. The van der Waals surface area contributed by atoms with Gasteiger partial charge in [-0.15, -0.1) is 0 Å². The van der Waals surface area contributed by atoms with Crippen LogP contribution in [-0.4, -0.2) is 26.6 Å². The molecule has 8 nitrogen and oxygen atoms in total. The van der Waals surface area contributed by atoms with Crippen molar-refractivity contribution in [2.75, 3.05) is 17.1 Å². The van der Waals surface area contributed by atoms with E-state index in [4.69, 9.17) is 9.26 Å². The summed E-state index contributed by atoms with van der Waals surface area (Å²) in [6.45, 7) is 1.76. The van der Waals surface area contributed by atoms with Crippen molar-refractivity contribution in [1.29, 1.82) is 0 Å². The molecule has 2 aromatic carbocycles. The van der Waals surface area contributed by atoms with Crippen LogP contribution in [0.3, 0.4) is 0 Å². The van der Waals surface area contributed by atoms with Crippen LogP contribution >= 0.6 is 0 Å². The molecule has 1 aliphatic carbocycles. The number of nitrogens with one attached hydrogen (secondary N) is 2. The first kappa shape index (κ1) is 21.6. The fourth-order valence-electron chi connectivity index (χ4n) is 3.09. The molecule has 9 heteroatoms. The third kappa shape index (κ3) is 4.83. The summed E-state index contributed by atoms with van der Waals surface area (Å²) in [7, 11) is -2.30. The molecule has 0 spiro atoms. The molecule has 0 atom stereocenters. The minimum Gasteiger partial charge on any atom is -0.495 e. The van der Waals surface area contributed by atoms with Crippen molar-refractivity contribution in [2.45, 2.75) is 24.7 Å². The number of aromatic nitrogens is 1. The van der Waals surface area contributed by atoms with Gasteiger partial charge in [-0.2, -0.15) is 0 Å². The molecule has 32 heavy (non-hydrogen) atoms. The Morgan fingerprint density at radius 1 is 1.12 bits per heavy atom. The van der Waals surface area contributed by atoms with Crippen LogP contribution in [0.1, 0.15) is 29.9 Å². The van der Waals surface area contributed by atoms with Gasteiger partial charge >= 0.3 is 0 Å². The third-order valence-electron chi connectivity index (χ3n) is 5.05. The highest BCUT2D eigenvalue weighted by molar-refractivity contribution is 7.92. The molecule has 1 aliphatic rings. The van der Waals surface area contributed by atoms with E-state index in [1.165, 1.54) is 19.2 Å². The van der Waals surface area contributed by atoms with Gasteiger partial charge in [-0.3, -0.25) is 9.52 Å². The van der Waals surface area contributed by atoms with Gasteiger partial charge in [0.25, 0.3) is 10.0 Å². The van der Waals surface area contributed by atoms with Crippen molar-refractivity contribution in [1.82, 2.24) is 5.16 Å². The number of para-hydroxylation sites is 2. The monoisotopic (exact) mass is 453 g/mol. The van der Waals surface area contributed by atoms with Gasteiger partial charge in [-0.1, -0.05) is 35.5 Å². The number of hydrogen-bond donors (Lipinski definition) is 2. The molecule has 0 saturated heterocycles. The number of carbonyl (C=O) groups is 1. The van der Waals surface area contributed by atoms with E-state index in [9.17, 15) is 13.2 Å². The van der Waals surface area contributed by atoms with E-state index in [-0.39, 0.29) is 16.7 Å². The van der Waals surface area contributed by atoms with Gasteiger partial charge in [0.2, 0.25) is 5.91 Å². The highest BCUT2D eigenvalue weighted by atomic mass is 32.2. The van der Waals surface area contributed by atoms with Crippen molar-refractivity contribution in [3.63, 3.8) is 0 Å². The summed E-state index contributed by atoms with van der Waals surface area (Å²) >= 11 is 0. The maximum atomic E-state index is 12.7. The van der Waals surface area contributed by atoms with Crippen molar-refractivity contribution >= 4 is 39.5 Å². The molecule has 0 bridgehead atoms. The molecule has 1 fully saturated rings. The Balaban J connectivity index is 1.48. The number of anilines is 2. The fraction of sp³-hybridized carbons (Fsp3) is 0.217. The van der Waals surface area contributed by atoms with Crippen LogP contribution in [0, 0.1) is 12.8 Å². The summed E-state index contributed by atoms with van der Waals surface area (Å²) < 4.78 is 38.5. The van der Waals surface area contributed by atoms with E-state index in [0.29, 0.717) is 28.6 Å². The molecule has 1 saturated carbocycles. The lowest BCUT2D eigenvalue weighted by Crippen LogP contribution is -2.14. The average molecular weight is 454 g/mol. The summed E-state index contributed by atoms with van der Waals surface area (Å²) in [5.41, 5.74) is 2.27. The van der Waals surface area contributed by atoms with Gasteiger partial charge in [-0.05, 0) is 55.7 Å². The highest BCUT2D eigenvalue weighted by Gasteiger charge is 2.30. The van der Waals surface area contributed by atoms with Crippen LogP contribution in [0.2, 0.25) is 0 Å². The van der Waals surface area contributed by atoms with Gasteiger partial charge in [0.05, 0.1) is 17.7 Å². The Kier molecular flexibility index (Phi) is 6.00. The van der Waals surface area contributed by atoms with Gasteiger partial charge in [-0.25, -0.2) is 8.42 Å². The Morgan fingerprint density at radius 3 is 2.53 bits per heavy atom. The third-order valence-corrected chi connectivity index (χ3v) is 6.44. The number of carbonyl (C=O) groups excluding carboxylic acids is 1. The fourth-order valence-corrected chi connectivity index (χ4v) is 4.16. The standard InChI is InChI=1S/C23H23N3O5S/c1-15-22(24-23(27)17-10-11-17)21(31-25-15)14-9-16-7-12-18(13-8-16)32(28,29)26-19-5-3-4-6-20(19)30-2/h3-9,12-14,17,26H,10-11H2,1-2H3,(H,24,27)/b14-9-. The van der Waals surface area contributed by atoms with E-state index >= 15 is 0 Å². The highest BCUT2D eigenvalue weighted by Crippen LogP contribution is 2.32. The Labute approximate surface area is 186 Å². The Hall–Kier alpha value is -3.59. The van der Waals surface area contributed by atoms with Gasteiger partial charge < -0.3 is 14.6 Å². The normalized spacial score (nSPS) is 13.8. The minimum absolute atomic E-state index is 0.0249. The van der Waals surface area contributed by atoms with Gasteiger partial charge in [0.1, 0.15) is 17.1 Å². The smallest absolute Gasteiger partial charge is 0.262 e. The zero-order valence-electron chi connectivity index (χ0n) is 17.7. The molecule has 166 valence electrons. The van der Waals surface area contributed by atoms with Crippen LogP contribution in [0.4, 0.5) is 11.4 Å². The number of sulfonamides is 1. The summed E-state index contributed by atoms with van der Waals surface area (Å²) in [5, 5.41) is 6.80. The molecule has 2 N–H and O–H groups in total.